The van der Waals surface area contributed by atoms with E-state index in [1.54, 1.807) is 6.20 Å². The lowest BCUT2D eigenvalue weighted by atomic mass is 10.1. The minimum atomic E-state index is 0.712. The number of aromatic nitrogens is 3. The van der Waals surface area contributed by atoms with Gasteiger partial charge in [0.15, 0.2) is 5.65 Å². The van der Waals surface area contributed by atoms with Crippen molar-refractivity contribution >= 4 is 5.65 Å². The third-order valence-electron chi connectivity index (χ3n) is 2.32. The Morgan fingerprint density at radius 2 is 2.36 bits per heavy atom. The van der Waals surface area contributed by atoms with Gasteiger partial charge in [-0.1, -0.05) is 0 Å². The molecular formula is C10H14N4. The number of hydrogen-bond acceptors (Lipinski definition) is 3. The Morgan fingerprint density at radius 3 is 3.14 bits per heavy atom. The van der Waals surface area contributed by atoms with E-state index in [-0.39, 0.29) is 0 Å². The third-order valence-corrected chi connectivity index (χ3v) is 2.32. The van der Waals surface area contributed by atoms with Crippen LogP contribution in [0.15, 0.2) is 18.5 Å². The summed E-state index contributed by atoms with van der Waals surface area (Å²) < 4.78 is 1.82. The van der Waals surface area contributed by atoms with Crippen molar-refractivity contribution < 1.29 is 0 Å². The van der Waals surface area contributed by atoms with Gasteiger partial charge in [0.1, 0.15) is 0 Å². The second kappa shape index (κ2) is 3.75. The van der Waals surface area contributed by atoms with Gasteiger partial charge in [-0.15, -0.1) is 0 Å². The first-order valence-corrected chi connectivity index (χ1v) is 4.82. The Balaban J connectivity index is 2.45. The zero-order valence-corrected chi connectivity index (χ0v) is 8.27. The highest BCUT2D eigenvalue weighted by molar-refractivity contribution is 5.49. The monoisotopic (exact) mass is 190 g/mol. The normalized spacial score (nSPS) is 11.0. The highest BCUT2D eigenvalue weighted by atomic mass is 15.2. The Bertz CT molecular complexity index is 433. The van der Waals surface area contributed by atoms with Gasteiger partial charge in [-0.25, -0.2) is 9.50 Å². The Morgan fingerprint density at radius 1 is 1.50 bits per heavy atom. The summed E-state index contributed by atoms with van der Waals surface area (Å²) in [5.74, 6) is 0. The van der Waals surface area contributed by atoms with Gasteiger partial charge >= 0.3 is 0 Å². The van der Waals surface area contributed by atoms with Gasteiger partial charge in [0, 0.05) is 18.0 Å². The van der Waals surface area contributed by atoms with Gasteiger partial charge in [-0.05, 0) is 32.4 Å². The van der Waals surface area contributed by atoms with Crippen LogP contribution in [-0.4, -0.2) is 21.1 Å². The zero-order chi connectivity index (χ0) is 9.97. The molecule has 2 N–H and O–H groups in total. The molecule has 0 amide bonds. The van der Waals surface area contributed by atoms with Gasteiger partial charge in [0.25, 0.3) is 0 Å². The van der Waals surface area contributed by atoms with Crippen LogP contribution in [0.4, 0.5) is 0 Å². The first-order chi connectivity index (χ1) is 6.83. The summed E-state index contributed by atoms with van der Waals surface area (Å²) in [6, 6.07) is 1.88. The third kappa shape index (κ3) is 1.48. The van der Waals surface area contributed by atoms with Gasteiger partial charge in [0.05, 0.1) is 5.69 Å². The van der Waals surface area contributed by atoms with E-state index in [2.05, 4.69) is 10.1 Å². The number of rotatable bonds is 3. The zero-order valence-electron chi connectivity index (χ0n) is 8.27. The first kappa shape index (κ1) is 9.15. The van der Waals surface area contributed by atoms with Crippen molar-refractivity contribution in [2.45, 2.75) is 19.8 Å². The summed E-state index contributed by atoms with van der Waals surface area (Å²) in [5, 5.41) is 4.38. The molecule has 14 heavy (non-hydrogen) atoms. The topological polar surface area (TPSA) is 56.2 Å². The first-order valence-electron chi connectivity index (χ1n) is 4.82. The molecule has 0 aliphatic heterocycles. The van der Waals surface area contributed by atoms with Crippen molar-refractivity contribution in [3.8, 4) is 0 Å². The summed E-state index contributed by atoms with van der Waals surface area (Å²) in [5.41, 5.74) is 8.72. The fourth-order valence-corrected chi connectivity index (χ4v) is 1.62. The summed E-state index contributed by atoms with van der Waals surface area (Å²) in [7, 11) is 0. The molecule has 0 aliphatic rings. The van der Waals surface area contributed by atoms with Crippen LogP contribution >= 0.6 is 0 Å². The van der Waals surface area contributed by atoms with E-state index in [0.29, 0.717) is 6.54 Å². The Hall–Kier alpha value is -1.42. The highest BCUT2D eigenvalue weighted by Gasteiger charge is 2.08. The van der Waals surface area contributed by atoms with E-state index in [4.69, 9.17) is 5.73 Å². The largest absolute Gasteiger partial charge is 0.330 e. The highest BCUT2D eigenvalue weighted by Crippen LogP contribution is 2.14. The fraction of sp³-hybridized carbons (Fsp3) is 0.400. The van der Waals surface area contributed by atoms with Crippen LogP contribution < -0.4 is 5.73 Å². The predicted octanol–water partition coefficient (Wildman–Crippen LogP) is 0.929. The molecule has 0 unspecified atom stereocenters. The van der Waals surface area contributed by atoms with E-state index < -0.39 is 0 Å². The molecule has 0 atom stereocenters. The standard InChI is InChI=1S/C10H14N4/c1-8-9(4-2-5-11)10-12-6-3-7-14(10)13-8/h3,6-7H,2,4-5,11H2,1H3. The van der Waals surface area contributed by atoms with Crippen molar-refractivity contribution in [3.63, 3.8) is 0 Å². The molecule has 0 fully saturated rings. The Kier molecular flexibility index (Phi) is 2.45. The summed E-state index contributed by atoms with van der Waals surface area (Å²) in [6.45, 7) is 2.73. The SMILES string of the molecule is Cc1nn2cccnc2c1CCCN. The molecule has 2 aromatic heterocycles. The number of fused-ring (bicyclic) bond motifs is 1. The van der Waals surface area contributed by atoms with E-state index in [1.165, 1.54) is 5.56 Å². The molecular weight excluding hydrogens is 176 g/mol. The van der Waals surface area contributed by atoms with Crippen LogP contribution in [0, 0.1) is 6.92 Å². The van der Waals surface area contributed by atoms with Crippen LogP contribution in [0.2, 0.25) is 0 Å². The van der Waals surface area contributed by atoms with E-state index in [0.717, 1.165) is 24.2 Å². The van der Waals surface area contributed by atoms with Crippen LogP contribution in [-0.2, 0) is 6.42 Å². The smallest absolute Gasteiger partial charge is 0.158 e. The molecule has 0 bridgehead atoms. The van der Waals surface area contributed by atoms with Crippen molar-refractivity contribution in [1.29, 1.82) is 0 Å². The molecule has 2 rings (SSSR count). The second-order valence-corrected chi connectivity index (χ2v) is 3.34. The molecule has 0 saturated heterocycles. The average molecular weight is 190 g/mol. The molecule has 74 valence electrons. The van der Waals surface area contributed by atoms with Crippen LogP contribution in [0.3, 0.4) is 0 Å². The quantitative estimate of drug-likeness (QED) is 0.783. The van der Waals surface area contributed by atoms with Crippen molar-refractivity contribution in [3.05, 3.63) is 29.7 Å². The van der Waals surface area contributed by atoms with Crippen LogP contribution in [0.25, 0.3) is 5.65 Å². The molecule has 4 nitrogen and oxygen atoms in total. The van der Waals surface area contributed by atoms with E-state index in [9.17, 15) is 0 Å². The average Bonchev–Trinajstić information content (AvgIpc) is 2.51. The van der Waals surface area contributed by atoms with Crippen molar-refractivity contribution in [1.82, 2.24) is 14.6 Å². The van der Waals surface area contributed by atoms with Gasteiger partial charge in [-0.3, -0.25) is 0 Å². The number of nitrogens with two attached hydrogens (primary N) is 1. The summed E-state index contributed by atoms with van der Waals surface area (Å²) in [6.07, 6.45) is 5.66. The van der Waals surface area contributed by atoms with Gasteiger partial charge < -0.3 is 5.73 Å². The molecule has 4 heteroatoms. The van der Waals surface area contributed by atoms with E-state index in [1.807, 2.05) is 23.7 Å². The maximum Gasteiger partial charge on any atom is 0.158 e. The van der Waals surface area contributed by atoms with Gasteiger partial charge in [0.2, 0.25) is 0 Å². The number of aryl methyl sites for hydroxylation is 2. The minimum Gasteiger partial charge on any atom is -0.330 e. The predicted molar refractivity (Wildman–Crippen MR) is 55.1 cm³/mol. The van der Waals surface area contributed by atoms with E-state index >= 15 is 0 Å². The summed E-state index contributed by atoms with van der Waals surface area (Å²) >= 11 is 0. The number of nitrogens with zero attached hydrogens (tertiary/aromatic N) is 3. The van der Waals surface area contributed by atoms with Crippen molar-refractivity contribution in [2.75, 3.05) is 6.54 Å². The summed E-state index contributed by atoms with van der Waals surface area (Å²) in [4.78, 5) is 4.31. The number of hydrogen-bond donors (Lipinski definition) is 1. The molecule has 0 saturated carbocycles. The van der Waals surface area contributed by atoms with Crippen molar-refractivity contribution in [2.24, 2.45) is 5.73 Å². The maximum atomic E-state index is 5.49. The molecule has 0 aliphatic carbocycles. The Labute approximate surface area is 82.8 Å². The lowest BCUT2D eigenvalue weighted by molar-refractivity contribution is 0.830. The fourth-order valence-electron chi connectivity index (χ4n) is 1.62. The second-order valence-electron chi connectivity index (χ2n) is 3.34. The van der Waals surface area contributed by atoms with Gasteiger partial charge in [-0.2, -0.15) is 5.10 Å². The molecule has 2 aromatic rings. The molecule has 0 spiro atoms. The minimum absolute atomic E-state index is 0.712. The molecule has 2 heterocycles. The van der Waals surface area contributed by atoms with Crippen LogP contribution in [0.1, 0.15) is 17.7 Å². The molecule has 0 aromatic carbocycles. The maximum absolute atomic E-state index is 5.49. The lowest BCUT2D eigenvalue weighted by Gasteiger charge is -1.97. The lowest BCUT2D eigenvalue weighted by Crippen LogP contribution is -2.01. The van der Waals surface area contributed by atoms with Crippen LogP contribution in [0.5, 0.6) is 0 Å². The molecule has 0 radical (unpaired) electrons.